The van der Waals surface area contributed by atoms with Gasteiger partial charge in [-0.15, -0.1) is 16.7 Å². The Morgan fingerprint density at radius 2 is 2.00 bits per heavy atom. The lowest BCUT2D eigenvalue weighted by atomic mass is 9.67. The van der Waals surface area contributed by atoms with Gasteiger partial charge in [-0.25, -0.2) is 4.68 Å². The van der Waals surface area contributed by atoms with E-state index in [2.05, 4.69) is 29.4 Å². The zero-order valence-electron chi connectivity index (χ0n) is 19.8. The third kappa shape index (κ3) is 4.23. The molecular weight excluding hydrogens is 472 g/mol. The van der Waals surface area contributed by atoms with Gasteiger partial charge in [-0.1, -0.05) is 19.9 Å². The Bertz CT molecular complexity index is 1140. The van der Waals surface area contributed by atoms with E-state index in [4.69, 9.17) is 22.1 Å². The molecule has 10 nitrogen and oxygen atoms in total. The van der Waals surface area contributed by atoms with Gasteiger partial charge in [0.2, 0.25) is 11.8 Å². The highest BCUT2D eigenvalue weighted by molar-refractivity contribution is 6.22. The average Bonchev–Trinajstić information content (AvgIpc) is 3.55. The number of aromatic nitrogens is 4. The molecule has 3 aliphatic rings. The highest BCUT2D eigenvalue weighted by Crippen LogP contribution is 2.47. The Balaban J connectivity index is 1.64. The first-order valence-electron chi connectivity index (χ1n) is 11.9. The van der Waals surface area contributed by atoms with Crippen LogP contribution in [-0.4, -0.2) is 73.4 Å². The first-order chi connectivity index (χ1) is 16.7. The number of carbonyl (C=O) groups excluding carboxylic acids is 3. The van der Waals surface area contributed by atoms with Gasteiger partial charge in [-0.2, -0.15) is 0 Å². The summed E-state index contributed by atoms with van der Waals surface area (Å²) in [4.78, 5) is 41.2. The molecule has 2 saturated heterocycles. The second-order valence-corrected chi connectivity index (χ2v) is 11.1. The van der Waals surface area contributed by atoms with Crippen LogP contribution in [0.3, 0.4) is 0 Å². The van der Waals surface area contributed by atoms with Crippen LogP contribution in [0.5, 0.6) is 0 Å². The number of primary amides is 1. The molecule has 1 aromatic heterocycles. The highest BCUT2D eigenvalue weighted by atomic mass is 35.5. The minimum absolute atomic E-state index is 0.0572. The molecule has 0 unspecified atom stereocenters. The maximum atomic E-state index is 14.4. The molecule has 2 N–H and O–H groups in total. The van der Waals surface area contributed by atoms with Crippen LogP contribution >= 0.6 is 11.6 Å². The molecule has 1 aliphatic carbocycles. The van der Waals surface area contributed by atoms with Crippen LogP contribution in [0.2, 0.25) is 0 Å². The van der Waals surface area contributed by atoms with E-state index in [1.165, 1.54) is 11.0 Å². The third-order valence-electron chi connectivity index (χ3n) is 7.78. The molecule has 11 heteroatoms. The lowest BCUT2D eigenvalue weighted by Gasteiger charge is -2.40. The van der Waals surface area contributed by atoms with Crippen molar-refractivity contribution in [2.24, 2.45) is 17.1 Å². The van der Waals surface area contributed by atoms with E-state index in [1.807, 2.05) is 0 Å². The Morgan fingerprint density at radius 3 is 2.66 bits per heavy atom. The fraction of sp³-hybridized carbons (Fsp3) is 0.583. The lowest BCUT2D eigenvalue weighted by molar-refractivity contribution is -0.139. The zero-order chi connectivity index (χ0) is 24.9. The van der Waals surface area contributed by atoms with Crippen molar-refractivity contribution >= 4 is 29.2 Å². The number of carbonyl (C=O) groups is 3. The van der Waals surface area contributed by atoms with E-state index in [-0.39, 0.29) is 41.7 Å². The SMILES string of the molecule is CC1(C)CCC([C@H](C(=O)N2C[C@H](Cl)[C@H]3OCC(=O)[C@H]32)c2c(C(N)=O)cccc2-n2cnnn2)CC1. The number of amides is 2. The van der Waals surface area contributed by atoms with Crippen molar-refractivity contribution in [3.8, 4) is 5.69 Å². The molecule has 1 aromatic carbocycles. The number of rotatable bonds is 5. The number of halogens is 1. The zero-order valence-corrected chi connectivity index (χ0v) is 20.5. The number of tetrazole rings is 1. The molecule has 1 saturated carbocycles. The molecule has 5 rings (SSSR count). The maximum absolute atomic E-state index is 14.4. The number of hydrogen-bond acceptors (Lipinski definition) is 7. The second-order valence-electron chi connectivity index (χ2n) is 10.5. The number of likely N-dealkylation sites (tertiary alicyclic amines) is 1. The Hall–Kier alpha value is -2.85. The largest absolute Gasteiger partial charge is 0.366 e. The summed E-state index contributed by atoms with van der Waals surface area (Å²) >= 11 is 6.51. The number of benzene rings is 1. The number of nitrogens with two attached hydrogens (primary N) is 1. The average molecular weight is 501 g/mol. The third-order valence-corrected chi connectivity index (χ3v) is 8.17. The van der Waals surface area contributed by atoms with Gasteiger partial charge in [0.05, 0.1) is 17.0 Å². The van der Waals surface area contributed by atoms with Crippen LogP contribution in [0.1, 0.15) is 61.4 Å². The lowest BCUT2D eigenvalue weighted by Crippen LogP contribution is -2.46. The van der Waals surface area contributed by atoms with Gasteiger partial charge >= 0.3 is 0 Å². The molecule has 2 aromatic rings. The Morgan fingerprint density at radius 1 is 1.26 bits per heavy atom. The van der Waals surface area contributed by atoms with Crippen LogP contribution < -0.4 is 5.73 Å². The molecule has 3 fully saturated rings. The fourth-order valence-corrected chi connectivity index (χ4v) is 6.24. The van der Waals surface area contributed by atoms with Crippen LogP contribution in [0.4, 0.5) is 0 Å². The highest BCUT2D eigenvalue weighted by Gasteiger charge is 2.54. The summed E-state index contributed by atoms with van der Waals surface area (Å²) in [7, 11) is 0. The molecule has 0 bridgehead atoms. The van der Waals surface area contributed by atoms with E-state index < -0.39 is 29.3 Å². The monoisotopic (exact) mass is 500 g/mol. The summed E-state index contributed by atoms with van der Waals surface area (Å²) in [5.74, 6) is -1.81. The first-order valence-corrected chi connectivity index (χ1v) is 12.4. The number of fused-ring (bicyclic) bond motifs is 1. The molecule has 0 radical (unpaired) electrons. The molecule has 0 spiro atoms. The summed E-state index contributed by atoms with van der Waals surface area (Å²) in [5, 5.41) is 11.0. The molecule has 186 valence electrons. The molecule has 4 atom stereocenters. The van der Waals surface area contributed by atoms with Crippen molar-refractivity contribution < 1.29 is 19.1 Å². The number of hydrogen-bond donors (Lipinski definition) is 1. The van der Waals surface area contributed by atoms with E-state index in [0.717, 1.165) is 25.7 Å². The Labute approximate surface area is 208 Å². The topological polar surface area (TPSA) is 133 Å². The van der Waals surface area contributed by atoms with E-state index in [0.29, 0.717) is 11.3 Å². The van der Waals surface area contributed by atoms with Gasteiger partial charge in [0.15, 0.2) is 5.78 Å². The first kappa shape index (κ1) is 23.9. The van der Waals surface area contributed by atoms with Crippen molar-refractivity contribution in [1.82, 2.24) is 25.1 Å². The van der Waals surface area contributed by atoms with Gasteiger partial charge < -0.3 is 15.4 Å². The minimum atomic E-state index is -0.718. The van der Waals surface area contributed by atoms with E-state index in [9.17, 15) is 14.4 Å². The molecular formula is C24H29ClN6O4. The van der Waals surface area contributed by atoms with Crippen molar-refractivity contribution in [2.75, 3.05) is 13.2 Å². The molecule has 35 heavy (non-hydrogen) atoms. The fourth-order valence-electron chi connectivity index (χ4n) is 5.88. The standard InChI is InChI=1S/C24H29ClN6O4/c1-24(2)8-6-13(7-9-24)18(23(34)30-10-15(25)21-20(30)17(32)11-35-21)19-14(22(26)33)4-3-5-16(19)31-12-27-28-29-31/h3-5,12-13,15,18,20-21H,6-11H2,1-2H3,(H2,26,33)/t15-,18-,20+,21+/m0/s1. The van der Waals surface area contributed by atoms with Crippen LogP contribution in [0.15, 0.2) is 24.5 Å². The van der Waals surface area contributed by atoms with Crippen molar-refractivity contribution in [3.63, 3.8) is 0 Å². The van der Waals surface area contributed by atoms with Gasteiger partial charge in [0.25, 0.3) is 0 Å². The Kier molecular flexibility index (Phi) is 6.13. The number of alkyl halides is 1. The number of nitrogens with zero attached hydrogens (tertiary/aromatic N) is 5. The normalized spacial score (nSPS) is 27.1. The molecule has 2 aliphatic heterocycles. The number of ketones is 1. The van der Waals surface area contributed by atoms with Crippen molar-refractivity contribution in [2.45, 2.75) is 63.0 Å². The molecule has 2 amide bonds. The van der Waals surface area contributed by atoms with Crippen molar-refractivity contribution in [1.29, 1.82) is 0 Å². The molecule has 3 heterocycles. The van der Waals surface area contributed by atoms with E-state index >= 15 is 0 Å². The van der Waals surface area contributed by atoms with Gasteiger partial charge in [0, 0.05) is 17.7 Å². The van der Waals surface area contributed by atoms with Crippen molar-refractivity contribution in [3.05, 3.63) is 35.7 Å². The van der Waals surface area contributed by atoms with Crippen LogP contribution in [0.25, 0.3) is 5.69 Å². The maximum Gasteiger partial charge on any atom is 0.249 e. The second kappa shape index (κ2) is 8.98. The smallest absolute Gasteiger partial charge is 0.249 e. The van der Waals surface area contributed by atoms with E-state index in [1.54, 1.807) is 23.1 Å². The quantitative estimate of drug-likeness (QED) is 0.619. The minimum Gasteiger partial charge on any atom is -0.366 e. The number of Topliss-reactive ketones (excluding diaryl/α,β-unsaturated/α-hetero) is 1. The summed E-state index contributed by atoms with van der Waals surface area (Å²) in [6.07, 6.45) is 4.36. The predicted molar refractivity (Wildman–Crippen MR) is 126 cm³/mol. The van der Waals surface area contributed by atoms with Crippen LogP contribution in [-0.2, 0) is 14.3 Å². The summed E-state index contributed by atoms with van der Waals surface area (Å²) in [6.45, 7) is 4.59. The summed E-state index contributed by atoms with van der Waals surface area (Å²) in [5.41, 5.74) is 7.23. The van der Waals surface area contributed by atoms with Crippen LogP contribution in [0, 0.1) is 11.3 Å². The summed E-state index contributed by atoms with van der Waals surface area (Å²) < 4.78 is 7.04. The van der Waals surface area contributed by atoms with Gasteiger partial charge in [-0.3, -0.25) is 14.4 Å². The number of ether oxygens (including phenoxy) is 1. The summed E-state index contributed by atoms with van der Waals surface area (Å²) in [6, 6.07) is 4.37. The van der Waals surface area contributed by atoms with Gasteiger partial charge in [-0.05, 0) is 59.6 Å². The predicted octanol–water partition coefficient (Wildman–Crippen LogP) is 1.85. The van der Waals surface area contributed by atoms with Gasteiger partial charge in [0.1, 0.15) is 25.1 Å².